The molecule has 2 atom stereocenters. The first kappa shape index (κ1) is 16.4. The zero-order valence-corrected chi connectivity index (χ0v) is 14.2. The number of hydrogen-bond acceptors (Lipinski definition) is 3. The molecule has 0 unspecified atom stereocenters. The molecule has 0 radical (unpaired) electrons. The van der Waals surface area contributed by atoms with E-state index in [4.69, 9.17) is 0 Å². The lowest BCUT2D eigenvalue weighted by atomic mass is 9.75. The highest BCUT2D eigenvalue weighted by Gasteiger charge is 2.39. The molecule has 0 fully saturated rings. The van der Waals surface area contributed by atoms with Gasteiger partial charge in [0, 0.05) is 5.92 Å². The standard InChI is InChI=1S/C20H18N2OS/c1-2-24-20-16(13-21)17(14-9-5-3-6-10-14)18(19(23)22-20)15-11-7-4-8-12-15/h3-12,17-18H,2H2,1H3,(H,22,23)/t17-,18-/m1/s1. The number of amides is 1. The maximum absolute atomic E-state index is 12.9. The molecule has 1 aliphatic rings. The van der Waals surface area contributed by atoms with E-state index in [-0.39, 0.29) is 11.8 Å². The molecule has 0 bridgehead atoms. The van der Waals surface area contributed by atoms with Gasteiger partial charge in [-0.25, -0.2) is 0 Å². The van der Waals surface area contributed by atoms with Crippen molar-refractivity contribution in [2.24, 2.45) is 0 Å². The van der Waals surface area contributed by atoms with Crippen LogP contribution in [0.3, 0.4) is 0 Å². The Bertz CT molecular complexity index is 793. The van der Waals surface area contributed by atoms with Crippen LogP contribution in [-0.4, -0.2) is 11.7 Å². The normalized spacial score (nSPS) is 20.4. The highest BCUT2D eigenvalue weighted by molar-refractivity contribution is 8.03. The molecule has 2 aromatic carbocycles. The molecule has 0 aliphatic carbocycles. The summed E-state index contributed by atoms with van der Waals surface area (Å²) < 4.78 is 0. The first-order chi connectivity index (χ1) is 11.8. The minimum absolute atomic E-state index is 0.0509. The monoisotopic (exact) mass is 334 g/mol. The highest BCUT2D eigenvalue weighted by atomic mass is 32.2. The van der Waals surface area contributed by atoms with E-state index in [1.54, 1.807) is 0 Å². The van der Waals surface area contributed by atoms with E-state index in [2.05, 4.69) is 11.4 Å². The van der Waals surface area contributed by atoms with Gasteiger partial charge in [0.15, 0.2) is 0 Å². The van der Waals surface area contributed by atoms with E-state index in [0.29, 0.717) is 10.6 Å². The predicted molar refractivity (Wildman–Crippen MR) is 97.3 cm³/mol. The Labute approximate surface area is 146 Å². The minimum atomic E-state index is -0.399. The van der Waals surface area contributed by atoms with Crippen molar-refractivity contribution in [3.8, 4) is 6.07 Å². The summed E-state index contributed by atoms with van der Waals surface area (Å²) in [6, 6.07) is 21.9. The van der Waals surface area contributed by atoms with Crippen LogP contribution in [0.5, 0.6) is 0 Å². The average Bonchev–Trinajstić information content (AvgIpc) is 2.63. The number of carbonyl (C=O) groups excluding carboxylic acids is 1. The van der Waals surface area contributed by atoms with Crippen LogP contribution >= 0.6 is 11.8 Å². The number of carbonyl (C=O) groups is 1. The number of rotatable bonds is 4. The quantitative estimate of drug-likeness (QED) is 0.913. The molecule has 4 heteroatoms. The molecule has 1 amide bonds. The molecule has 0 spiro atoms. The van der Waals surface area contributed by atoms with Gasteiger partial charge in [-0.1, -0.05) is 67.6 Å². The molecule has 1 N–H and O–H groups in total. The van der Waals surface area contributed by atoms with Crippen LogP contribution in [0, 0.1) is 11.3 Å². The molecule has 0 aromatic heterocycles. The summed E-state index contributed by atoms with van der Waals surface area (Å²) in [5.74, 6) is 0.0917. The van der Waals surface area contributed by atoms with Gasteiger partial charge >= 0.3 is 0 Å². The van der Waals surface area contributed by atoms with Gasteiger partial charge in [0.25, 0.3) is 0 Å². The van der Waals surface area contributed by atoms with Crippen LogP contribution in [0.15, 0.2) is 71.3 Å². The predicted octanol–water partition coefficient (Wildman–Crippen LogP) is 4.17. The number of thioether (sulfide) groups is 1. The number of allylic oxidation sites excluding steroid dienone is 1. The second-order valence-electron chi connectivity index (χ2n) is 5.55. The molecule has 2 aromatic rings. The number of nitrogens with one attached hydrogen (secondary N) is 1. The Kier molecular flexibility index (Phi) is 5.02. The van der Waals surface area contributed by atoms with Crippen molar-refractivity contribution in [3.63, 3.8) is 0 Å². The lowest BCUT2D eigenvalue weighted by Crippen LogP contribution is -2.38. The van der Waals surface area contributed by atoms with E-state index >= 15 is 0 Å². The fraction of sp³-hybridized carbons (Fsp3) is 0.200. The summed E-state index contributed by atoms with van der Waals surface area (Å²) in [4.78, 5) is 12.9. The molecule has 24 heavy (non-hydrogen) atoms. The molecule has 1 heterocycles. The van der Waals surface area contributed by atoms with Crippen LogP contribution in [0.4, 0.5) is 0 Å². The third-order valence-electron chi connectivity index (χ3n) is 4.13. The summed E-state index contributed by atoms with van der Waals surface area (Å²) in [5.41, 5.74) is 2.56. The first-order valence-electron chi connectivity index (χ1n) is 7.94. The fourth-order valence-electron chi connectivity index (χ4n) is 3.12. The van der Waals surface area contributed by atoms with Crippen molar-refractivity contribution >= 4 is 17.7 Å². The maximum atomic E-state index is 12.9. The van der Waals surface area contributed by atoms with Crippen molar-refractivity contribution in [1.82, 2.24) is 5.32 Å². The van der Waals surface area contributed by atoms with E-state index < -0.39 is 5.92 Å². The maximum Gasteiger partial charge on any atom is 0.233 e. The third-order valence-corrected chi connectivity index (χ3v) is 5.03. The Morgan fingerprint density at radius 1 is 1.00 bits per heavy atom. The topological polar surface area (TPSA) is 52.9 Å². The largest absolute Gasteiger partial charge is 0.319 e. The zero-order chi connectivity index (χ0) is 16.9. The summed E-state index contributed by atoms with van der Waals surface area (Å²) in [5, 5.41) is 13.4. The van der Waals surface area contributed by atoms with Crippen LogP contribution in [0.1, 0.15) is 29.9 Å². The highest BCUT2D eigenvalue weighted by Crippen LogP contribution is 2.44. The Morgan fingerprint density at radius 3 is 2.04 bits per heavy atom. The van der Waals surface area contributed by atoms with E-state index in [9.17, 15) is 10.1 Å². The van der Waals surface area contributed by atoms with Gasteiger partial charge in [-0.3, -0.25) is 4.79 Å². The first-order valence-corrected chi connectivity index (χ1v) is 8.92. The van der Waals surface area contributed by atoms with Gasteiger partial charge < -0.3 is 5.32 Å². The lowest BCUT2D eigenvalue weighted by Gasteiger charge is -2.32. The molecule has 3 nitrogen and oxygen atoms in total. The Hall–Kier alpha value is -2.51. The Balaban J connectivity index is 2.18. The number of nitriles is 1. The zero-order valence-electron chi connectivity index (χ0n) is 13.4. The SMILES string of the molecule is CCSC1=C(C#N)[C@@H](c2ccccc2)[C@@H](c2ccccc2)C(=O)N1. The number of hydrogen-bond donors (Lipinski definition) is 1. The summed E-state index contributed by atoms with van der Waals surface area (Å²) in [6.07, 6.45) is 0. The Morgan fingerprint density at radius 2 is 1.54 bits per heavy atom. The lowest BCUT2D eigenvalue weighted by molar-refractivity contribution is -0.122. The van der Waals surface area contributed by atoms with Gasteiger partial charge in [0.05, 0.1) is 22.6 Å². The molecule has 120 valence electrons. The van der Waals surface area contributed by atoms with Gasteiger partial charge in [-0.05, 0) is 16.9 Å². The van der Waals surface area contributed by atoms with Gasteiger partial charge in [-0.2, -0.15) is 5.26 Å². The van der Waals surface area contributed by atoms with Crippen LogP contribution in [0.2, 0.25) is 0 Å². The van der Waals surface area contributed by atoms with Crippen molar-refractivity contribution in [1.29, 1.82) is 5.26 Å². The number of benzene rings is 2. The second-order valence-corrected chi connectivity index (χ2v) is 6.83. The molecule has 1 aliphatic heterocycles. The van der Waals surface area contributed by atoms with E-state index in [1.165, 1.54) is 11.8 Å². The van der Waals surface area contributed by atoms with Crippen LogP contribution < -0.4 is 5.32 Å². The molecule has 0 saturated carbocycles. The summed E-state index contributed by atoms with van der Waals surface area (Å²) >= 11 is 1.51. The molecule has 3 rings (SSSR count). The third kappa shape index (κ3) is 3.08. The van der Waals surface area contributed by atoms with Crippen molar-refractivity contribution in [3.05, 3.63) is 82.4 Å². The van der Waals surface area contributed by atoms with Crippen LogP contribution in [-0.2, 0) is 4.79 Å². The van der Waals surface area contributed by atoms with Crippen molar-refractivity contribution in [2.45, 2.75) is 18.8 Å². The van der Waals surface area contributed by atoms with E-state index in [0.717, 1.165) is 16.9 Å². The fourth-order valence-corrected chi connectivity index (χ4v) is 3.91. The van der Waals surface area contributed by atoms with Crippen molar-refractivity contribution in [2.75, 3.05) is 5.75 Å². The average molecular weight is 334 g/mol. The van der Waals surface area contributed by atoms with Gasteiger partial charge in [-0.15, -0.1) is 11.8 Å². The van der Waals surface area contributed by atoms with Crippen molar-refractivity contribution < 1.29 is 4.79 Å². The molecular formula is C20H18N2OS. The second kappa shape index (κ2) is 7.37. The van der Waals surface area contributed by atoms with E-state index in [1.807, 2.05) is 67.6 Å². The molecular weight excluding hydrogens is 316 g/mol. The van der Waals surface area contributed by atoms with Gasteiger partial charge in [0.2, 0.25) is 5.91 Å². The summed E-state index contributed by atoms with van der Waals surface area (Å²) in [7, 11) is 0. The minimum Gasteiger partial charge on any atom is -0.319 e. The molecule has 0 saturated heterocycles. The summed E-state index contributed by atoms with van der Waals surface area (Å²) in [6.45, 7) is 2.01. The van der Waals surface area contributed by atoms with Gasteiger partial charge in [0.1, 0.15) is 0 Å². The smallest absolute Gasteiger partial charge is 0.233 e. The number of nitrogens with zero attached hydrogens (tertiary/aromatic N) is 1. The van der Waals surface area contributed by atoms with Crippen LogP contribution in [0.25, 0.3) is 0 Å².